The second kappa shape index (κ2) is 12.3. The number of benzene rings is 2. The third-order valence-electron chi connectivity index (χ3n) is 5.79. The molecule has 5 heteroatoms. The summed E-state index contributed by atoms with van der Waals surface area (Å²) in [6.07, 6.45) is 3.53. The number of ether oxygens (including phenoxy) is 2. The van der Waals surface area contributed by atoms with Crippen molar-refractivity contribution in [1.82, 2.24) is 4.90 Å². The van der Waals surface area contributed by atoms with Crippen LogP contribution in [0.2, 0.25) is 0 Å². The maximum absolute atomic E-state index is 12.8. The monoisotopic (exact) mass is 423 g/mol. The first-order valence-corrected chi connectivity index (χ1v) is 11.3. The van der Waals surface area contributed by atoms with E-state index in [1.165, 1.54) is 0 Å². The van der Waals surface area contributed by atoms with E-state index >= 15 is 0 Å². The van der Waals surface area contributed by atoms with Crippen molar-refractivity contribution in [2.45, 2.75) is 58.2 Å². The second-order valence-electron chi connectivity index (χ2n) is 8.01. The Hall–Kier alpha value is -2.66. The highest BCUT2D eigenvalue weighted by atomic mass is 16.5. The van der Waals surface area contributed by atoms with Gasteiger partial charge in [0.25, 0.3) is 0 Å². The summed E-state index contributed by atoms with van der Waals surface area (Å²) in [6.45, 7) is 3.99. The standard InChI is InChI=1S/C26H33NO4/c1-2-31-26(29)23-16-17-25(28)27(19-21-11-5-3-6-12-21)24(23)15-9-10-18-30-20-22-13-7-4-8-14-22/h3-8,11-14,23-24H,2,9-10,15-20H2,1H3/t23-,24-/m1/s1. The fourth-order valence-electron chi connectivity index (χ4n) is 4.21. The summed E-state index contributed by atoms with van der Waals surface area (Å²) in [5.41, 5.74) is 2.24. The minimum Gasteiger partial charge on any atom is -0.466 e. The van der Waals surface area contributed by atoms with Crippen LogP contribution in [-0.2, 0) is 32.2 Å². The van der Waals surface area contributed by atoms with E-state index in [0.29, 0.717) is 39.2 Å². The van der Waals surface area contributed by atoms with E-state index in [9.17, 15) is 9.59 Å². The van der Waals surface area contributed by atoms with Crippen LogP contribution in [0.15, 0.2) is 60.7 Å². The molecular formula is C26H33NO4. The number of unbranched alkanes of at least 4 members (excludes halogenated alkanes) is 1. The molecule has 1 fully saturated rings. The molecule has 5 nitrogen and oxygen atoms in total. The van der Waals surface area contributed by atoms with Gasteiger partial charge in [-0.05, 0) is 43.7 Å². The molecule has 1 heterocycles. The Bertz CT molecular complexity index is 809. The van der Waals surface area contributed by atoms with E-state index in [1.807, 2.05) is 60.4 Å². The van der Waals surface area contributed by atoms with E-state index < -0.39 is 0 Å². The van der Waals surface area contributed by atoms with Crippen molar-refractivity contribution < 1.29 is 19.1 Å². The van der Waals surface area contributed by atoms with Crippen LogP contribution in [0.3, 0.4) is 0 Å². The fourth-order valence-corrected chi connectivity index (χ4v) is 4.21. The Kier molecular flexibility index (Phi) is 9.10. The lowest BCUT2D eigenvalue weighted by molar-refractivity contribution is -0.157. The molecule has 2 atom stereocenters. The predicted molar refractivity (Wildman–Crippen MR) is 120 cm³/mol. The predicted octanol–water partition coefficient (Wildman–Crippen LogP) is 4.74. The summed E-state index contributed by atoms with van der Waals surface area (Å²) in [5, 5.41) is 0. The van der Waals surface area contributed by atoms with Crippen molar-refractivity contribution in [2.24, 2.45) is 5.92 Å². The van der Waals surface area contributed by atoms with Gasteiger partial charge < -0.3 is 14.4 Å². The van der Waals surface area contributed by atoms with Crippen molar-refractivity contribution >= 4 is 11.9 Å². The number of piperidine rings is 1. The molecule has 0 saturated carbocycles. The number of amides is 1. The highest BCUT2D eigenvalue weighted by Gasteiger charge is 2.39. The van der Waals surface area contributed by atoms with Gasteiger partial charge in [0.2, 0.25) is 5.91 Å². The van der Waals surface area contributed by atoms with Gasteiger partial charge in [0.15, 0.2) is 0 Å². The lowest BCUT2D eigenvalue weighted by Gasteiger charge is -2.40. The average molecular weight is 424 g/mol. The Morgan fingerprint density at radius 2 is 1.68 bits per heavy atom. The Balaban J connectivity index is 1.57. The Morgan fingerprint density at radius 3 is 2.35 bits per heavy atom. The van der Waals surface area contributed by atoms with E-state index in [4.69, 9.17) is 9.47 Å². The number of likely N-dealkylation sites (tertiary alicyclic amines) is 1. The van der Waals surface area contributed by atoms with E-state index in [0.717, 1.165) is 30.4 Å². The highest BCUT2D eigenvalue weighted by molar-refractivity contribution is 5.82. The van der Waals surface area contributed by atoms with Crippen molar-refractivity contribution in [2.75, 3.05) is 13.2 Å². The number of nitrogens with zero attached hydrogens (tertiary/aromatic N) is 1. The van der Waals surface area contributed by atoms with E-state index in [1.54, 1.807) is 0 Å². The van der Waals surface area contributed by atoms with Crippen LogP contribution in [0.5, 0.6) is 0 Å². The molecule has 0 aromatic heterocycles. The van der Waals surface area contributed by atoms with Crippen LogP contribution in [-0.4, -0.2) is 36.0 Å². The molecule has 0 bridgehead atoms. The van der Waals surface area contributed by atoms with Gasteiger partial charge in [0.05, 0.1) is 19.1 Å². The van der Waals surface area contributed by atoms with Crippen LogP contribution < -0.4 is 0 Å². The summed E-state index contributed by atoms with van der Waals surface area (Å²) in [5.74, 6) is -0.320. The molecule has 1 aliphatic rings. The number of hydrogen-bond donors (Lipinski definition) is 0. The quantitative estimate of drug-likeness (QED) is 0.387. The molecule has 1 aliphatic heterocycles. The third-order valence-corrected chi connectivity index (χ3v) is 5.79. The summed E-state index contributed by atoms with van der Waals surface area (Å²) >= 11 is 0. The number of esters is 1. The molecule has 2 aromatic carbocycles. The lowest BCUT2D eigenvalue weighted by Crippen LogP contribution is -2.50. The normalized spacial score (nSPS) is 18.7. The van der Waals surface area contributed by atoms with Gasteiger partial charge in [-0.25, -0.2) is 0 Å². The molecule has 1 saturated heterocycles. The minimum absolute atomic E-state index is 0.120. The van der Waals surface area contributed by atoms with Crippen molar-refractivity contribution in [3.63, 3.8) is 0 Å². The molecule has 0 unspecified atom stereocenters. The SMILES string of the molecule is CCOC(=O)[C@@H]1CCC(=O)N(Cc2ccccc2)[C@@H]1CCCCOCc1ccccc1. The fraction of sp³-hybridized carbons (Fsp3) is 0.462. The van der Waals surface area contributed by atoms with E-state index in [2.05, 4.69) is 12.1 Å². The average Bonchev–Trinajstić information content (AvgIpc) is 2.79. The molecular weight excluding hydrogens is 390 g/mol. The third kappa shape index (κ3) is 6.93. The minimum atomic E-state index is -0.258. The van der Waals surface area contributed by atoms with Gasteiger partial charge in [-0.1, -0.05) is 60.7 Å². The number of carbonyl (C=O) groups excluding carboxylic acids is 2. The molecule has 0 radical (unpaired) electrons. The summed E-state index contributed by atoms with van der Waals surface area (Å²) in [4.78, 5) is 27.3. The molecule has 0 aliphatic carbocycles. The zero-order chi connectivity index (χ0) is 21.9. The number of rotatable bonds is 11. The molecule has 1 amide bonds. The van der Waals surface area contributed by atoms with Gasteiger partial charge in [-0.3, -0.25) is 9.59 Å². The van der Waals surface area contributed by atoms with Gasteiger partial charge in [-0.15, -0.1) is 0 Å². The van der Waals surface area contributed by atoms with Crippen LogP contribution in [0.25, 0.3) is 0 Å². The zero-order valence-electron chi connectivity index (χ0n) is 18.4. The Labute approximate surface area is 185 Å². The van der Waals surface area contributed by atoms with Gasteiger partial charge in [-0.2, -0.15) is 0 Å². The van der Waals surface area contributed by atoms with Crippen molar-refractivity contribution in [1.29, 1.82) is 0 Å². The topological polar surface area (TPSA) is 55.8 Å². The highest BCUT2D eigenvalue weighted by Crippen LogP contribution is 2.31. The molecule has 2 aromatic rings. The molecule has 0 spiro atoms. The van der Waals surface area contributed by atoms with Crippen molar-refractivity contribution in [3.05, 3.63) is 71.8 Å². The number of carbonyl (C=O) groups is 2. The first kappa shape index (κ1) is 23.0. The van der Waals surface area contributed by atoms with Crippen LogP contribution in [0, 0.1) is 5.92 Å². The smallest absolute Gasteiger partial charge is 0.311 e. The lowest BCUT2D eigenvalue weighted by atomic mass is 9.85. The van der Waals surface area contributed by atoms with Gasteiger partial charge in [0.1, 0.15) is 0 Å². The Morgan fingerprint density at radius 1 is 1.00 bits per heavy atom. The number of hydrogen-bond acceptors (Lipinski definition) is 4. The van der Waals surface area contributed by atoms with E-state index in [-0.39, 0.29) is 23.8 Å². The van der Waals surface area contributed by atoms with Crippen molar-refractivity contribution in [3.8, 4) is 0 Å². The molecule has 0 N–H and O–H groups in total. The largest absolute Gasteiger partial charge is 0.466 e. The first-order valence-electron chi connectivity index (χ1n) is 11.3. The molecule has 31 heavy (non-hydrogen) atoms. The zero-order valence-corrected chi connectivity index (χ0v) is 18.4. The van der Waals surface area contributed by atoms with Crippen LogP contribution in [0.4, 0.5) is 0 Å². The molecule has 3 rings (SSSR count). The summed E-state index contributed by atoms with van der Waals surface area (Å²) in [7, 11) is 0. The van der Waals surface area contributed by atoms with Crippen LogP contribution in [0.1, 0.15) is 50.2 Å². The van der Waals surface area contributed by atoms with Gasteiger partial charge in [0, 0.05) is 25.6 Å². The summed E-state index contributed by atoms with van der Waals surface area (Å²) < 4.78 is 11.1. The summed E-state index contributed by atoms with van der Waals surface area (Å²) in [6, 6.07) is 20.0. The first-order chi connectivity index (χ1) is 15.2. The van der Waals surface area contributed by atoms with Crippen LogP contribution >= 0.6 is 0 Å². The molecule has 166 valence electrons. The second-order valence-corrected chi connectivity index (χ2v) is 8.01. The maximum Gasteiger partial charge on any atom is 0.311 e. The maximum atomic E-state index is 12.8. The van der Waals surface area contributed by atoms with Gasteiger partial charge >= 0.3 is 5.97 Å².